The first-order chi connectivity index (χ1) is 5.88. The van der Waals surface area contributed by atoms with Crippen molar-refractivity contribution in [1.29, 1.82) is 0 Å². The minimum atomic E-state index is 0.461. The highest BCUT2D eigenvalue weighted by Crippen LogP contribution is 2.17. The summed E-state index contributed by atoms with van der Waals surface area (Å²) in [5, 5.41) is 0. The first kappa shape index (κ1) is 9.28. The first-order valence-corrected chi connectivity index (χ1v) is 4.45. The van der Waals surface area contributed by atoms with Gasteiger partial charge in [-0.2, -0.15) is 0 Å². The van der Waals surface area contributed by atoms with Crippen LogP contribution in [-0.2, 0) is 4.79 Å². The van der Waals surface area contributed by atoms with Crippen LogP contribution < -0.4 is 0 Å². The number of nitrogens with zero attached hydrogens (tertiary/aromatic N) is 1. The zero-order valence-electron chi connectivity index (χ0n) is 7.55. The molecule has 1 heterocycles. The molecule has 66 valence electrons. The molecule has 2 nitrogen and oxygen atoms in total. The fraction of sp³-hybridized carbons (Fsp3) is 0.700. The molecule has 1 rings (SSSR count). The third-order valence-corrected chi connectivity index (χ3v) is 2.33. The van der Waals surface area contributed by atoms with Gasteiger partial charge in [0.25, 0.3) is 0 Å². The van der Waals surface area contributed by atoms with Crippen molar-refractivity contribution in [3.8, 4) is 11.8 Å². The number of likely N-dealkylation sites (tertiary alicyclic amines) is 1. The predicted octanol–water partition coefficient (Wildman–Crippen LogP) is 1.06. The Labute approximate surface area is 73.9 Å². The summed E-state index contributed by atoms with van der Waals surface area (Å²) in [5.41, 5.74) is 0. The molecule has 0 aromatic carbocycles. The van der Waals surface area contributed by atoms with Crippen LogP contribution in [0.1, 0.15) is 26.2 Å². The van der Waals surface area contributed by atoms with Crippen LogP contribution in [0.4, 0.5) is 0 Å². The molecule has 1 fully saturated rings. The van der Waals surface area contributed by atoms with Crippen molar-refractivity contribution in [2.75, 3.05) is 13.1 Å². The smallest absolute Gasteiger partial charge is 0.121 e. The third kappa shape index (κ3) is 2.35. The topological polar surface area (TPSA) is 20.3 Å². The van der Waals surface area contributed by atoms with E-state index in [1.165, 1.54) is 6.42 Å². The molecule has 0 unspecified atom stereocenters. The van der Waals surface area contributed by atoms with Crippen LogP contribution in [0.25, 0.3) is 0 Å². The zero-order valence-corrected chi connectivity index (χ0v) is 7.55. The molecular weight excluding hydrogens is 150 g/mol. The normalized spacial score (nSPS) is 23.2. The van der Waals surface area contributed by atoms with E-state index in [4.69, 9.17) is 0 Å². The summed E-state index contributed by atoms with van der Waals surface area (Å²) in [5.74, 6) is 5.92. The Morgan fingerprint density at radius 1 is 1.67 bits per heavy atom. The molecule has 0 aliphatic carbocycles. The maximum atomic E-state index is 10.3. The van der Waals surface area contributed by atoms with Gasteiger partial charge in [-0.05, 0) is 26.3 Å². The second-order valence-corrected chi connectivity index (χ2v) is 3.10. The second kappa shape index (κ2) is 4.95. The zero-order chi connectivity index (χ0) is 8.81. The highest BCUT2D eigenvalue weighted by molar-refractivity contribution is 5.50. The molecule has 12 heavy (non-hydrogen) atoms. The van der Waals surface area contributed by atoms with E-state index in [0.29, 0.717) is 12.5 Å². The molecule has 0 aromatic heterocycles. The number of carbonyl (C=O) groups is 1. The van der Waals surface area contributed by atoms with Gasteiger partial charge in [-0.1, -0.05) is 5.92 Å². The quantitative estimate of drug-likeness (QED) is 0.460. The SMILES string of the molecule is CC#CCN1CCC[C@H]1CC=O. The van der Waals surface area contributed by atoms with Crippen molar-refractivity contribution >= 4 is 6.29 Å². The van der Waals surface area contributed by atoms with Gasteiger partial charge in [0.2, 0.25) is 0 Å². The molecule has 1 aliphatic rings. The van der Waals surface area contributed by atoms with Gasteiger partial charge in [0, 0.05) is 12.5 Å². The van der Waals surface area contributed by atoms with E-state index < -0.39 is 0 Å². The van der Waals surface area contributed by atoms with E-state index in [1.54, 1.807) is 0 Å². The number of rotatable bonds is 3. The second-order valence-electron chi connectivity index (χ2n) is 3.10. The molecule has 0 aromatic rings. The molecule has 0 amide bonds. The van der Waals surface area contributed by atoms with Gasteiger partial charge in [0.15, 0.2) is 0 Å². The van der Waals surface area contributed by atoms with Crippen molar-refractivity contribution in [1.82, 2.24) is 4.90 Å². The predicted molar refractivity (Wildman–Crippen MR) is 48.7 cm³/mol. The van der Waals surface area contributed by atoms with Gasteiger partial charge in [0.05, 0.1) is 6.54 Å². The standard InChI is InChI=1S/C10H15NO/c1-2-3-7-11-8-4-5-10(11)6-9-12/h9-10H,4-8H2,1H3/t10-/m0/s1. The average molecular weight is 165 g/mol. The molecule has 0 bridgehead atoms. The van der Waals surface area contributed by atoms with Gasteiger partial charge >= 0.3 is 0 Å². The lowest BCUT2D eigenvalue weighted by Gasteiger charge is -2.19. The summed E-state index contributed by atoms with van der Waals surface area (Å²) in [4.78, 5) is 12.6. The van der Waals surface area contributed by atoms with E-state index in [-0.39, 0.29) is 0 Å². The molecule has 0 saturated carbocycles. The van der Waals surface area contributed by atoms with E-state index in [9.17, 15) is 4.79 Å². The van der Waals surface area contributed by atoms with Crippen molar-refractivity contribution in [3.05, 3.63) is 0 Å². The molecule has 0 radical (unpaired) electrons. The van der Waals surface area contributed by atoms with Crippen LogP contribution in [0.3, 0.4) is 0 Å². The Balaban J connectivity index is 2.38. The molecular formula is C10H15NO. The lowest BCUT2D eigenvalue weighted by molar-refractivity contribution is -0.108. The van der Waals surface area contributed by atoms with Gasteiger partial charge < -0.3 is 4.79 Å². The van der Waals surface area contributed by atoms with Crippen molar-refractivity contribution in [2.24, 2.45) is 0 Å². The van der Waals surface area contributed by atoms with E-state index >= 15 is 0 Å². The Kier molecular flexibility index (Phi) is 3.83. The molecule has 0 N–H and O–H groups in total. The van der Waals surface area contributed by atoms with Crippen LogP contribution >= 0.6 is 0 Å². The Bertz CT molecular complexity index is 202. The molecule has 0 spiro atoms. The van der Waals surface area contributed by atoms with Crippen LogP contribution in [0.15, 0.2) is 0 Å². The third-order valence-electron chi connectivity index (χ3n) is 2.33. The average Bonchev–Trinajstić information content (AvgIpc) is 2.50. The number of hydrogen-bond acceptors (Lipinski definition) is 2. The molecule has 1 saturated heterocycles. The molecule has 2 heteroatoms. The van der Waals surface area contributed by atoms with Crippen LogP contribution in [0.2, 0.25) is 0 Å². The first-order valence-electron chi connectivity index (χ1n) is 4.45. The summed E-state index contributed by atoms with van der Waals surface area (Å²) in [6.07, 6.45) is 4.06. The van der Waals surface area contributed by atoms with Crippen molar-refractivity contribution in [3.63, 3.8) is 0 Å². The largest absolute Gasteiger partial charge is 0.303 e. The van der Waals surface area contributed by atoms with E-state index in [0.717, 1.165) is 25.8 Å². The van der Waals surface area contributed by atoms with E-state index in [1.807, 2.05) is 6.92 Å². The summed E-state index contributed by atoms with van der Waals surface area (Å²) in [6, 6.07) is 0.461. The lowest BCUT2D eigenvalue weighted by atomic mass is 10.2. The molecule has 1 aliphatic heterocycles. The monoisotopic (exact) mass is 165 g/mol. The summed E-state index contributed by atoms with van der Waals surface area (Å²) in [6.45, 7) is 3.78. The lowest BCUT2D eigenvalue weighted by Crippen LogP contribution is -2.29. The summed E-state index contributed by atoms with van der Waals surface area (Å²) < 4.78 is 0. The van der Waals surface area contributed by atoms with Crippen LogP contribution in [-0.4, -0.2) is 30.3 Å². The van der Waals surface area contributed by atoms with Crippen molar-refractivity contribution < 1.29 is 4.79 Å². The van der Waals surface area contributed by atoms with Gasteiger partial charge in [-0.15, -0.1) is 5.92 Å². The fourth-order valence-electron chi connectivity index (χ4n) is 1.66. The summed E-state index contributed by atoms with van der Waals surface area (Å²) >= 11 is 0. The van der Waals surface area contributed by atoms with Gasteiger partial charge in [0.1, 0.15) is 6.29 Å². The van der Waals surface area contributed by atoms with Crippen molar-refractivity contribution in [2.45, 2.75) is 32.2 Å². The maximum absolute atomic E-state index is 10.3. The summed E-state index contributed by atoms with van der Waals surface area (Å²) in [7, 11) is 0. The van der Waals surface area contributed by atoms with Gasteiger partial charge in [-0.25, -0.2) is 0 Å². The maximum Gasteiger partial charge on any atom is 0.121 e. The molecule has 1 atom stereocenters. The fourth-order valence-corrected chi connectivity index (χ4v) is 1.66. The van der Waals surface area contributed by atoms with Crippen LogP contribution in [0, 0.1) is 11.8 Å². The number of aldehydes is 1. The Hall–Kier alpha value is -0.810. The highest BCUT2D eigenvalue weighted by atomic mass is 16.1. The Morgan fingerprint density at radius 3 is 3.17 bits per heavy atom. The minimum Gasteiger partial charge on any atom is -0.303 e. The van der Waals surface area contributed by atoms with Gasteiger partial charge in [-0.3, -0.25) is 4.90 Å². The Morgan fingerprint density at radius 2 is 2.50 bits per heavy atom. The van der Waals surface area contributed by atoms with E-state index in [2.05, 4.69) is 16.7 Å². The number of hydrogen-bond donors (Lipinski definition) is 0. The van der Waals surface area contributed by atoms with Crippen LogP contribution in [0.5, 0.6) is 0 Å². The highest BCUT2D eigenvalue weighted by Gasteiger charge is 2.22. The minimum absolute atomic E-state index is 0.461. The number of carbonyl (C=O) groups excluding carboxylic acids is 1.